The van der Waals surface area contributed by atoms with E-state index in [1.54, 1.807) is 13.8 Å². The maximum absolute atomic E-state index is 13.0. The van der Waals surface area contributed by atoms with Crippen molar-refractivity contribution in [3.63, 3.8) is 0 Å². The summed E-state index contributed by atoms with van der Waals surface area (Å²) in [6, 6.07) is -4.96. The Morgan fingerprint density at radius 1 is 1.00 bits per heavy atom. The number of carboxylic acid groups (broad SMARTS) is 3. The third kappa shape index (κ3) is 7.80. The van der Waals surface area contributed by atoms with Gasteiger partial charge in [-0.1, -0.05) is 13.8 Å². The van der Waals surface area contributed by atoms with Gasteiger partial charge in [0.2, 0.25) is 17.7 Å². The largest absolute Gasteiger partial charge is 0.481 e. The highest BCUT2D eigenvalue weighted by molar-refractivity contribution is 5.95. The molecular weight excluding hydrogens is 428 g/mol. The second-order valence-corrected chi connectivity index (χ2v) is 7.96. The van der Waals surface area contributed by atoms with Crippen LogP contribution in [0.15, 0.2) is 0 Å². The summed E-state index contributed by atoms with van der Waals surface area (Å²) >= 11 is 0. The number of carbonyl (C=O) groups is 6. The fourth-order valence-corrected chi connectivity index (χ4v) is 3.33. The van der Waals surface area contributed by atoms with E-state index >= 15 is 0 Å². The molecule has 32 heavy (non-hydrogen) atoms. The average molecular weight is 458 g/mol. The molecule has 13 heteroatoms. The van der Waals surface area contributed by atoms with Crippen molar-refractivity contribution in [2.24, 2.45) is 11.7 Å². The Labute approximate surface area is 184 Å². The van der Waals surface area contributed by atoms with Gasteiger partial charge >= 0.3 is 17.9 Å². The zero-order chi connectivity index (χ0) is 24.6. The monoisotopic (exact) mass is 458 g/mol. The first-order valence-electron chi connectivity index (χ1n) is 10.2. The maximum Gasteiger partial charge on any atom is 0.326 e. The molecule has 1 heterocycles. The molecule has 0 saturated carbocycles. The molecule has 0 spiro atoms. The Hall–Kier alpha value is -3.22. The fraction of sp³-hybridized carbons (Fsp3) is 0.684. The minimum absolute atomic E-state index is 0.220. The number of nitrogens with one attached hydrogen (secondary N) is 2. The number of rotatable bonds is 12. The van der Waals surface area contributed by atoms with Crippen molar-refractivity contribution in [2.75, 3.05) is 6.54 Å². The predicted octanol–water partition coefficient (Wildman–Crippen LogP) is -1.65. The molecule has 0 radical (unpaired) electrons. The van der Waals surface area contributed by atoms with Crippen molar-refractivity contribution in [3.05, 3.63) is 0 Å². The number of aliphatic carboxylic acids is 3. The number of hydrogen-bond donors (Lipinski definition) is 6. The third-order valence-corrected chi connectivity index (χ3v) is 5.06. The highest BCUT2D eigenvalue weighted by atomic mass is 16.4. The van der Waals surface area contributed by atoms with Gasteiger partial charge in [0.05, 0.1) is 12.5 Å². The lowest BCUT2D eigenvalue weighted by Crippen LogP contribution is -2.58. The van der Waals surface area contributed by atoms with Gasteiger partial charge in [-0.25, -0.2) is 4.79 Å². The normalized spacial score (nSPS) is 18.5. The molecule has 1 rings (SSSR count). The van der Waals surface area contributed by atoms with Crippen LogP contribution in [0.5, 0.6) is 0 Å². The number of amides is 3. The first-order valence-corrected chi connectivity index (χ1v) is 10.2. The molecular formula is C19H30N4O9. The van der Waals surface area contributed by atoms with Crippen molar-refractivity contribution in [1.82, 2.24) is 15.5 Å². The molecule has 3 amide bonds. The van der Waals surface area contributed by atoms with Crippen LogP contribution < -0.4 is 16.4 Å². The van der Waals surface area contributed by atoms with Gasteiger partial charge in [0, 0.05) is 13.0 Å². The Morgan fingerprint density at radius 2 is 1.62 bits per heavy atom. The van der Waals surface area contributed by atoms with E-state index in [0.29, 0.717) is 12.8 Å². The summed E-state index contributed by atoms with van der Waals surface area (Å²) in [6.07, 6.45) is -0.718. The van der Waals surface area contributed by atoms with Gasteiger partial charge in [-0.3, -0.25) is 24.0 Å². The van der Waals surface area contributed by atoms with Gasteiger partial charge < -0.3 is 36.6 Å². The summed E-state index contributed by atoms with van der Waals surface area (Å²) in [5.41, 5.74) is 5.49. The zero-order valence-corrected chi connectivity index (χ0v) is 17.9. The van der Waals surface area contributed by atoms with Gasteiger partial charge in [-0.15, -0.1) is 0 Å². The number of likely N-dealkylation sites (tertiary alicyclic amines) is 1. The molecule has 4 unspecified atom stereocenters. The SMILES string of the molecule is CC(C)C(NC(=O)C(CCC(=O)O)NC(=O)C(N)CC(=O)O)C(=O)N1CCCC1C(=O)O. The van der Waals surface area contributed by atoms with E-state index in [4.69, 9.17) is 15.9 Å². The number of nitrogens with zero attached hydrogens (tertiary/aromatic N) is 1. The van der Waals surface area contributed by atoms with Crippen LogP contribution in [0, 0.1) is 5.92 Å². The molecule has 1 aliphatic heterocycles. The minimum atomic E-state index is -1.46. The lowest BCUT2D eigenvalue weighted by Gasteiger charge is -2.30. The number of hydrogen-bond acceptors (Lipinski definition) is 7. The first kappa shape index (κ1) is 26.8. The van der Waals surface area contributed by atoms with Crippen LogP contribution in [-0.2, 0) is 28.8 Å². The summed E-state index contributed by atoms with van der Waals surface area (Å²) < 4.78 is 0. The van der Waals surface area contributed by atoms with Gasteiger partial charge in [0.1, 0.15) is 18.1 Å². The molecule has 4 atom stereocenters. The molecule has 180 valence electrons. The van der Waals surface area contributed by atoms with Crippen LogP contribution >= 0.6 is 0 Å². The summed E-state index contributed by atoms with van der Waals surface area (Å²) in [7, 11) is 0. The molecule has 0 aromatic carbocycles. The van der Waals surface area contributed by atoms with E-state index < -0.39 is 78.6 Å². The first-order chi connectivity index (χ1) is 14.8. The predicted molar refractivity (Wildman–Crippen MR) is 108 cm³/mol. The van der Waals surface area contributed by atoms with Crippen molar-refractivity contribution >= 4 is 35.6 Å². The Bertz CT molecular complexity index is 755. The maximum atomic E-state index is 13.0. The summed E-state index contributed by atoms with van der Waals surface area (Å²) in [4.78, 5) is 72.2. The lowest BCUT2D eigenvalue weighted by molar-refractivity contribution is -0.150. The molecule has 1 saturated heterocycles. The highest BCUT2D eigenvalue weighted by Crippen LogP contribution is 2.20. The standard InChI is InChI=1S/C19H30N4O9/c1-9(2)15(18(30)23-7-3-4-12(23)19(31)32)22-17(29)11(5-6-13(24)25)21-16(28)10(20)8-14(26)27/h9-12,15H,3-8,20H2,1-2H3,(H,21,28)(H,22,29)(H,24,25)(H,26,27)(H,31,32). The summed E-state index contributed by atoms with van der Waals surface area (Å²) in [6.45, 7) is 3.50. The number of carbonyl (C=O) groups excluding carboxylic acids is 3. The van der Waals surface area contributed by atoms with Crippen LogP contribution in [0.1, 0.15) is 46.0 Å². The van der Waals surface area contributed by atoms with Crippen LogP contribution in [0.25, 0.3) is 0 Å². The molecule has 13 nitrogen and oxygen atoms in total. The number of nitrogens with two attached hydrogens (primary N) is 1. The van der Waals surface area contributed by atoms with E-state index in [9.17, 15) is 33.9 Å². The number of carboxylic acids is 3. The quantitative estimate of drug-likeness (QED) is 0.196. The molecule has 1 aliphatic rings. The molecule has 0 aromatic rings. The summed E-state index contributed by atoms with van der Waals surface area (Å²) in [5.74, 6) is -6.57. The van der Waals surface area contributed by atoms with Crippen LogP contribution in [-0.4, -0.2) is 86.6 Å². The molecule has 1 fully saturated rings. The van der Waals surface area contributed by atoms with E-state index in [1.165, 1.54) is 4.90 Å². The van der Waals surface area contributed by atoms with Crippen molar-refractivity contribution in [2.45, 2.75) is 70.1 Å². The smallest absolute Gasteiger partial charge is 0.326 e. The summed E-state index contributed by atoms with van der Waals surface area (Å²) in [5, 5.41) is 31.7. The van der Waals surface area contributed by atoms with Crippen LogP contribution in [0.2, 0.25) is 0 Å². The molecule has 0 aromatic heterocycles. The van der Waals surface area contributed by atoms with Gasteiger partial charge in [0.15, 0.2) is 0 Å². The highest BCUT2D eigenvalue weighted by Gasteiger charge is 2.39. The average Bonchev–Trinajstić information content (AvgIpc) is 3.17. The van der Waals surface area contributed by atoms with Crippen molar-refractivity contribution in [3.8, 4) is 0 Å². The van der Waals surface area contributed by atoms with E-state index in [0.717, 1.165) is 0 Å². The molecule has 7 N–H and O–H groups in total. The minimum Gasteiger partial charge on any atom is -0.481 e. The molecule has 0 aliphatic carbocycles. The Kier molecular flexibility index (Phi) is 10.0. The fourth-order valence-electron chi connectivity index (χ4n) is 3.33. The van der Waals surface area contributed by atoms with E-state index in [-0.39, 0.29) is 13.0 Å². The second kappa shape index (κ2) is 12.0. The topological polar surface area (TPSA) is 216 Å². The zero-order valence-electron chi connectivity index (χ0n) is 17.9. The van der Waals surface area contributed by atoms with Crippen LogP contribution in [0.3, 0.4) is 0 Å². The van der Waals surface area contributed by atoms with Gasteiger partial charge in [-0.2, -0.15) is 0 Å². The van der Waals surface area contributed by atoms with Gasteiger partial charge in [-0.05, 0) is 25.2 Å². The third-order valence-electron chi connectivity index (χ3n) is 5.06. The van der Waals surface area contributed by atoms with E-state index in [2.05, 4.69) is 10.6 Å². The van der Waals surface area contributed by atoms with Crippen LogP contribution in [0.4, 0.5) is 0 Å². The second-order valence-electron chi connectivity index (χ2n) is 7.96. The lowest BCUT2D eigenvalue weighted by atomic mass is 10.0. The van der Waals surface area contributed by atoms with Gasteiger partial charge in [0.25, 0.3) is 0 Å². The Balaban J connectivity index is 2.98. The Morgan fingerprint density at radius 3 is 2.12 bits per heavy atom. The van der Waals surface area contributed by atoms with Crippen molar-refractivity contribution < 1.29 is 44.1 Å². The molecule has 0 bridgehead atoms. The van der Waals surface area contributed by atoms with E-state index in [1.807, 2.05) is 0 Å². The van der Waals surface area contributed by atoms with Crippen molar-refractivity contribution in [1.29, 1.82) is 0 Å².